The van der Waals surface area contributed by atoms with Crippen molar-refractivity contribution in [3.05, 3.63) is 30.1 Å². The molecule has 3 rings (SSSR count). The van der Waals surface area contributed by atoms with E-state index in [-0.39, 0.29) is 35.8 Å². The van der Waals surface area contributed by atoms with E-state index >= 15 is 0 Å². The lowest BCUT2D eigenvalue weighted by Crippen LogP contribution is -2.64. The molecule has 0 aromatic heterocycles. The third-order valence-electron chi connectivity index (χ3n) is 5.02. The van der Waals surface area contributed by atoms with E-state index in [1.54, 1.807) is 17.0 Å². The summed E-state index contributed by atoms with van der Waals surface area (Å²) in [5.41, 5.74) is -0.389. The second kappa shape index (κ2) is 6.79. The van der Waals surface area contributed by atoms with Crippen molar-refractivity contribution in [2.75, 3.05) is 13.2 Å². The summed E-state index contributed by atoms with van der Waals surface area (Å²) in [4.78, 5) is 26.3. The molecule has 2 heterocycles. The topological polar surface area (TPSA) is 58.6 Å². The summed E-state index contributed by atoms with van der Waals surface area (Å²) in [6, 6.07) is 6.03. The maximum atomic E-state index is 13.6. The van der Waals surface area contributed by atoms with E-state index in [2.05, 4.69) is 5.32 Å². The number of halogens is 1. The van der Waals surface area contributed by atoms with Gasteiger partial charge in [-0.05, 0) is 44.7 Å². The van der Waals surface area contributed by atoms with Crippen LogP contribution in [-0.2, 0) is 9.59 Å². The number of carbonyl (C=O) groups excluding carboxylic acids is 2. The number of fused-ring (bicyclic) bond motifs is 1. The Morgan fingerprint density at radius 2 is 2.21 bits per heavy atom. The van der Waals surface area contributed by atoms with Crippen LogP contribution in [0.2, 0.25) is 0 Å². The van der Waals surface area contributed by atoms with Gasteiger partial charge in [0, 0.05) is 13.0 Å². The van der Waals surface area contributed by atoms with E-state index in [1.807, 2.05) is 6.92 Å². The van der Waals surface area contributed by atoms with Gasteiger partial charge >= 0.3 is 0 Å². The van der Waals surface area contributed by atoms with Gasteiger partial charge < -0.3 is 15.0 Å². The number of amides is 2. The summed E-state index contributed by atoms with van der Waals surface area (Å²) in [5.74, 6) is -0.502. The zero-order valence-electron chi connectivity index (χ0n) is 13.9. The number of piperidine rings is 1. The molecule has 2 fully saturated rings. The lowest BCUT2D eigenvalue weighted by atomic mass is 9.81. The van der Waals surface area contributed by atoms with Crippen LogP contribution in [0.5, 0.6) is 5.75 Å². The highest BCUT2D eigenvalue weighted by atomic mass is 19.1. The van der Waals surface area contributed by atoms with E-state index in [9.17, 15) is 14.0 Å². The van der Waals surface area contributed by atoms with Gasteiger partial charge in [-0.1, -0.05) is 12.1 Å². The van der Waals surface area contributed by atoms with E-state index in [1.165, 1.54) is 12.1 Å². The van der Waals surface area contributed by atoms with Gasteiger partial charge in [-0.25, -0.2) is 4.39 Å². The van der Waals surface area contributed by atoms with Crippen molar-refractivity contribution < 1.29 is 18.7 Å². The Morgan fingerprint density at radius 1 is 1.42 bits per heavy atom. The first-order valence-electron chi connectivity index (χ1n) is 8.47. The Morgan fingerprint density at radius 3 is 3.00 bits per heavy atom. The molecule has 0 aliphatic carbocycles. The first-order valence-corrected chi connectivity index (χ1v) is 8.47. The highest BCUT2D eigenvalue weighted by Crippen LogP contribution is 2.33. The number of hydrogen-bond donors (Lipinski definition) is 1. The second-order valence-electron chi connectivity index (χ2n) is 6.78. The van der Waals surface area contributed by atoms with Gasteiger partial charge in [0.15, 0.2) is 18.2 Å². The van der Waals surface area contributed by atoms with Crippen LogP contribution in [0.4, 0.5) is 4.39 Å². The highest BCUT2D eigenvalue weighted by Gasteiger charge is 2.44. The molecule has 1 N–H and O–H groups in total. The third-order valence-corrected chi connectivity index (χ3v) is 5.02. The van der Waals surface area contributed by atoms with Crippen molar-refractivity contribution in [1.29, 1.82) is 0 Å². The zero-order chi connectivity index (χ0) is 17.2. The molecule has 2 amide bonds. The molecule has 1 aromatic carbocycles. The fourth-order valence-corrected chi connectivity index (χ4v) is 3.82. The summed E-state index contributed by atoms with van der Waals surface area (Å²) >= 11 is 0. The van der Waals surface area contributed by atoms with Gasteiger partial charge in [0.1, 0.15) is 0 Å². The lowest BCUT2D eigenvalue weighted by molar-refractivity contribution is -0.141. The number of likely N-dealkylation sites (tertiary alicyclic amines) is 1. The Kier molecular flexibility index (Phi) is 4.73. The van der Waals surface area contributed by atoms with Crippen molar-refractivity contribution in [2.45, 2.75) is 50.6 Å². The highest BCUT2D eigenvalue weighted by molar-refractivity contribution is 5.80. The number of nitrogens with one attached hydrogen (secondary N) is 1. The Bertz CT molecular complexity index is 636. The average molecular weight is 334 g/mol. The van der Waals surface area contributed by atoms with Crippen LogP contribution < -0.4 is 10.1 Å². The molecule has 1 aromatic rings. The number of rotatable bonds is 3. The summed E-state index contributed by atoms with van der Waals surface area (Å²) in [6.45, 7) is 2.47. The number of hydrogen-bond acceptors (Lipinski definition) is 3. The Hall–Kier alpha value is -2.11. The van der Waals surface area contributed by atoms with Crippen molar-refractivity contribution in [3.8, 4) is 5.75 Å². The molecule has 2 saturated heterocycles. The van der Waals surface area contributed by atoms with Crippen LogP contribution >= 0.6 is 0 Å². The minimum atomic E-state index is -0.476. The zero-order valence-corrected chi connectivity index (χ0v) is 13.9. The van der Waals surface area contributed by atoms with Gasteiger partial charge in [0.2, 0.25) is 5.91 Å². The molecule has 0 bridgehead atoms. The third kappa shape index (κ3) is 3.37. The van der Waals surface area contributed by atoms with Gasteiger partial charge in [-0.15, -0.1) is 0 Å². The minimum Gasteiger partial charge on any atom is -0.481 e. The molecule has 2 aliphatic heterocycles. The van der Waals surface area contributed by atoms with E-state index in [0.717, 1.165) is 25.7 Å². The monoisotopic (exact) mass is 334 g/mol. The maximum absolute atomic E-state index is 13.6. The molecule has 0 radical (unpaired) electrons. The SMILES string of the molecule is C[C@]12CCCN(C(=O)COc3ccccc3F)[C@H]1CCCC(=O)N2. The quantitative estimate of drug-likeness (QED) is 0.922. The minimum absolute atomic E-state index is 0.0329. The molecule has 2 atom stereocenters. The number of nitrogens with zero attached hydrogens (tertiary/aromatic N) is 1. The lowest BCUT2D eigenvalue weighted by Gasteiger charge is -2.47. The van der Waals surface area contributed by atoms with Gasteiger partial charge in [0.25, 0.3) is 5.91 Å². The van der Waals surface area contributed by atoms with Crippen LogP contribution in [0.25, 0.3) is 0 Å². The molecule has 6 heteroatoms. The molecule has 5 nitrogen and oxygen atoms in total. The van der Waals surface area contributed by atoms with Crippen LogP contribution in [0.3, 0.4) is 0 Å². The van der Waals surface area contributed by atoms with Gasteiger partial charge in [-0.2, -0.15) is 0 Å². The summed E-state index contributed by atoms with van der Waals surface area (Å²) in [5, 5.41) is 3.09. The van der Waals surface area contributed by atoms with E-state index in [0.29, 0.717) is 13.0 Å². The predicted octanol–water partition coefficient (Wildman–Crippen LogP) is 2.25. The summed E-state index contributed by atoms with van der Waals surface area (Å²) in [7, 11) is 0. The molecule has 130 valence electrons. The molecular formula is C18H23FN2O3. The number of ether oxygens (including phenoxy) is 1. The van der Waals surface area contributed by atoms with Crippen LogP contribution in [-0.4, -0.2) is 41.4 Å². The molecule has 0 saturated carbocycles. The van der Waals surface area contributed by atoms with E-state index < -0.39 is 5.82 Å². The molecule has 2 aliphatic rings. The fourth-order valence-electron chi connectivity index (χ4n) is 3.82. The normalized spacial score (nSPS) is 27.0. The Labute approximate surface area is 141 Å². The maximum Gasteiger partial charge on any atom is 0.260 e. The average Bonchev–Trinajstić information content (AvgIpc) is 2.70. The van der Waals surface area contributed by atoms with Crippen LogP contribution in [0.1, 0.15) is 39.0 Å². The van der Waals surface area contributed by atoms with Crippen molar-refractivity contribution in [1.82, 2.24) is 10.2 Å². The number of benzene rings is 1. The summed E-state index contributed by atoms with van der Waals surface area (Å²) in [6.07, 6.45) is 3.75. The van der Waals surface area contributed by atoms with Crippen molar-refractivity contribution >= 4 is 11.8 Å². The van der Waals surface area contributed by atoms with E-state index in [4.69, 9.17) is 4.74 Å². The standard InChI is InChI=1S/C18H23FN2O3/c1-18-10-5-11-21(15(18)8-4-9-16(22)20-18)17(23)12-24-14-7-3-2-6-13(14)19/h2-3,6-7,15H,4-5,8-12H2,1H3,(H,20,22)/t15-,18-/m0/s1. The molecule has 0 unspecified atom stereocenters. The van der Waals surface area contributed by atoms with Gasteiger partial charge in [0.05, 0.1) is 11.6 Å². The molecular weight excluding hydrogens is 311 g/mol. The number of carbonyl (C=O) groups is 2. The second-order valence-corrected chi connectivity index (χ2v) is 6.78. The van der Waals surface area contributed by atoms with Gasteiger partial charge in [-0.3, -0.25) is 9.59 Å². The van der Waals surface area contributed by atoms with Crippen LogP contribution in [0.15, 0.2) is 24.3 Å². The first kappa shape index (κ1) is 16.7. The van der Waals surface area contributed by atoms with Crippen LogP contribution in [0, 0.1) is 5.82 Å². The predicted molar refractivity (Wildman–Crippen MR) is 87.0 cm³/mol. The first-order chi connectivity index (χ1) is 11.5. The smallest absolute Gasteiger partial charge is 0.260 e. The van der Waals surface area contributed by atoms with Crippen molar-refractivity contribution in [3.63, 3.8) is 0 Å². The number of para-hydroxylation sites is 1. The largest absolute Gasteiger partial charge is 0.481 e. The van der Waals surface area contributed by atoms with Crippen molar-refractivity contribution in [2.24, 2.45) is 0 Å². The molecule has 24 heavy (non-hydrogen) atoms. The summed E-state index contributed by atoms with van der Waals surface area (Å²) < 4.78 is 19.0. The fraction of sp³-hybridized carbons (Fsp3) is 0.556. The molecule has 0 spiro atoms. The Balaban J connectivity index is 1.69.